The fraction of sp³-hybridized carbons (Fsp3) is 0.317. The molecule has 0 aliphatic carbocycles. The Labute approximate surface area is 348 Å². The van der Waals surface area contributed by atoms with Crippen molar-refractivity contribution >= 4 is 64.9 Å². The minimum atomic E-state index is -4.86. The number of nitrogens with one attached hydrogen (secondary N) is 1. The van der Waals surface area contributed by atoms with Gasteiger partial charge in [0.05, 0.1) is 82.0 Å². The van der Waals surface area contributed by atoms with Gasteiger partial charge in [-0.1, -0.05) is 18.2 Å². The highest BCUT2D eigenvalue weighted by Crippen LogP contribution is 2.43. The predicted octanol–water partition coefficient (Wildman–Crippen LogP) is 7.91. The van der Waals surface area contributed by atoms with E-state index < -0.39 is 36.3 Å². The van der Waals surface area contributed by atoms with Crippen molar-refractivity contribution in [3.63, 3.8) is 0 Å². The molecule has 0 heterocycles. The topological polar surface area (TPSA) is 237 Å². The first-order chi connectivity index (χ1) is 28.9. The van der Waals surface area contributed by atoms with Crippen molar-refractivity contribution in [3.8, 4) is 11.5 Å². The van der Waals surface area contributed by atoms with Gasteiger partial charge in [-0.15, -0.1) is 10.2 Å². The lowest BCUT2D eigenvalue weighted by molar-refractivity contribution is -0.00538. The van der Waals surface area contributed by atoms with E-state index in [1.54, 1.807) is 37.3 Å². The molecule has 0 saturated heterocycles. The summed E-state index contributed by atoms with van der Waals surface area (Å²) in [4.78, 5) is -0.504. The third-order valence-electron chi connectivity index (χ3n) is 8.67. The summed E-state index contributed by atoms with van der Waals surface area (Å²) in [7, 11) is -7.03. The van der Waals surface area contributed by atoms with Crippen LogP contribution in [0, 0.1) is 6.92 Å². The molecule has 0 bridgehead atoms. The van der Waals surface area contributed by atoms with Crippen molar-refractivity contribution in [2.45, 2.75) is 23.1 Å². The maximum Gasteiger partial charge on any atom is 0.296 e. The highest BCUT2D eigenvalue weighted by atomic mass is 32.2. The molecule has 0 aromatic heterocycles. The van der Waals surface area contributed by atoms with Crippen LogP contribution in [0.1, 0.15) is 12.0 Å². The van der Waals surface area contributed by atoms with Crippen LogP contribution in [-0.2, 0) is 38.9 Å². The van der Waals surface area contributed by atoms with E-state index in [1.807, 2.05) is 30.3 Å². The van der Waals surface area contributed by atoms with Gasteiger partial charge in [-0.05, 0) is 91.0 Å². The molecule has 5 aromatic carbocycles. The SMILES string of the molecule is COc1cc(N=Nc2ccc(S(=O)(=O)CCCOCCOCCOCCOCCO)cc2)c(C)cc1N=Nc1c(S(=O)(=O)O)cc2cc(Nc3ccccc3)ccc2c1O. The van der Waals surface area contributed by atoms with Crippen LogP contribution in [-0.4, -0.2) is 104 Å². The summed E-state index contributed by atoms with van der Waals surface area (Å²) in [5.74, 6) is -0.405. The number of sulfone groups is 1. The Morgan fingerprint density at radius 2 is 1.30 bits per heavy atom. The lowest BCUT2D eigenvalue weighted by Crippen LogP contribution is -2.13. The molecule has 0 unspecified atom stereocenters. The van der Waals surface area contributed by atoms with Crippen LogP contribution >= 0.6 is 0 Å². The third-order valence-corrected chi connectivity index (χ3v) is 11.4. The number of aromatic hydroxyl groups is 1. The van der Waals surface area contributed by atoms with E-state index in [0.717, 1.165) is 5.69 Å². The summed E-state index contributed by atoms with van der Waals surface area (Å²) in [6, 6.07) is 24.6. The first-order valence-electron chi connectivity index (χ1n) is 18.8. The average Bonchev–Trinajstić information content (AvgIpc) is 3.23. The molecule has 5 aromatic rings. The number of aliphatic hydroxyl groups excluding tert-OH is 1. The number of nitrogens with zero attached hydrogens (tertiary/aromatic N) is 4. The average molecular weight is 866 g/mol. The number of benzene rings is 5. The van der Waals surface area contributed by atoms with Crippen molar-refractivity contribution in [2.75, 3.05) is 77.6 Å². The molecule has 320 valence electrons. The molecule has 17 nitrogen and oxygen atoms in total. The zero-order chi connectivity index (χ0) is 43.0. The first-order valence-corrected chi connectivity index (χ1v) is 21.8. The quantitative estimate of drug-likeness (QED) is 0.0262. The van der Waals surface area contributed by atoms with Gasteiger partial charge in [0.25, 0.3) is 10.1 Å². The summed E-state index contributed by atoms with van der Waals surface area (Å²) in [6.07, 6.45) is 0.302. The maximum atomic E-state index is 12.9. The molecule has 0 spiro atoms. The van der Waals surface area contributed by atoms with Gasteiger partial charge in [-0.25, -0.2) is 8.42 Å². The van der Waals surface area contributed by atoms with Gasteiger partial charge in [-0.2, -0.15) is 18.6 Å². The molecule has 60 heavy (non-hydrogen) atoms. The molecule has 0 saturated carbocycles. The van der Waals surface area contributed by atoms with Gasteiger partial charge in [-0.3, -0.25) is 4.55 Å². The van der Waals surface area contributed by atoms with E-state index in [0.29, 0.717) is 74.1 Å². The Bertz CT molecular complexity index is 2470. The second kappa shape index (κ2) is 22.3. The summed E-state index contributed by atoms with van der Waals surface area (Å²) in [5.41, 5.74) is 2.51. The molecule has 5 rings (SSSR count). The van der Waals surface area contributed by atoms with Gasteiger partial charge in [0, 0.05) is 29.4 Å². The van der Waals surface area contributed by atoms with Gasteiger partial charge < -0.3 is 39.2 Å². The minimum Gasteiger partial charge on any atom is -0.505 e. The number of para-hydroxylation sites is 1. The number of hydrogen-bond donors (Lipinski definition) is 4. The van der Waals surface area contributed by atoms with Crippen molar-refractivity contribution in [1.82, 2.24) is 0 Å². The van der Waals surface area contributed by atoms with Gasteiger partial charge >= 0.3 is 0 Å². The van der Waals surface area contributed by atoms with Crippen LogP contribution in [0.15, 0.2) is 121 Å². The van der Waals surface area contributed by atoms with E-state index in [1.165, 1.54) is 37.4 Å². The lowest BCUT2D eigenvalue weighted by Gasteiger charge is -2.12. The number of hydrogen-bond acceptors (Lipinski definition) is 16. The molecule has 4 N–H and O–H groups in total. The Hall–Kier alpha value is -5.38. The fourth-order valence-electron chi connectivity index (χ4n) is 5.65. The number of phenolic OH excluding ortho intramolecular Hbond substituents is 1. The lowest BCUT2D eigenvalue weighted by atomic mass is 10.1. The van der Waals surface area contributed by atoms with Crippen molar-refractivity contribution in [1.29, 1.82) is 0 Å². The summed E-state index contributed by atoms with van der Waals surface area (Å²) in [6.45, 7) is 4.51. The second-order valence-electron chi connectivity index (χ2n) is 13.0. The number of methoxy groups -OCH3 is 1. The molecule has 0 radical (unpaired) electrons. The van der Waals surface area contributed by atoms with Crippen LogP contribution in [0.2, 0.25) is 0 Å². The zero-order valence-electron chi connectivity index (χ0n) is 33.1. The molecule has 0 amide bonds. The van der Waals surface area contributed by atoms with Crippen molar-refractivity contribution in [3.05, 3.63) is 96.6 Å². The number of phenols is 1. The Kier molecular flexibility index (Phi) is 17.0. The highest BCUT2D eigenvalue weighted by Gasteiger charge is 2.23. The second-order valence-corrected chi connectivity index (χ2v) is 16.5. The predicted molar refractivity (Wildman–Crippen MR) is 225 cm³/mol. The molecule has 0 aliphatic rings. The standard InChI is InChI=1S/C41H47N5O12S2/c1-29-25-37(45-46-40-39(60(51,52)53)27-30-26-33(11-14-35(30)41(40)48)42-31-7-4-3-5-8-31)38(54-2)28-36(29)44-43-32-9-12-34(13-10-32)59(49,50)24-6-16-55-18-20-57-22-23-58-21-19-56-17-15-47/h3-5,7-14,25-28,42,47-48H,6,15-24H2,1-2H3,(H,51,52,53). The summed E-state index contributed by atoms with van der Waals surface area (Å²) < 4.78 is 87.7. The van der Waals surface area contributed by atoms with Gasteiger partial charge in [0.1, 0.15) is 22.0 Å². The monoisotopic (exact) mass is 865 g/mol. The largest absolute Gasteiger partial charge is 0.505 e. The molecule has 19 heteroatoms. The molecular weight excluding hydrogens is 819 g/mol. The van der Waals surface area contributed by atoms with E-state index in [9.17, 15) is 26.5 Å². The number of aliphatic hydroxyl groups is 1. The Balaban J connectivity index is 1.18. The summed E-state index contributed by atoms with van der Waals surface area (Å²) >= 11 is 0. The Morgan fingerprint density at radius 1 is 0.667 bits per heavy atom. The van der Waals surface area contributed by atoms with Crippen LogP contribution in [0.4, 0.5) is 34.1 Å². The molecule has 0 atom stereocenters. The molecule has 0 aliphatic heterocycles. The van der Waals surface area contributed by atoms with Crippen LogP contribution in [0.3, 0.4) is 0 Å². The van der Waals surface area contributed by atoms with E-state index >= 15 is 0 Å². The summed E-state index contributed by atoms with van der Waals surface area (Å²) in [5, 5.41) is 40.4. The van der Waals surface area contributed by atoms with E-state index in [2.05, 4.69) is 25.8 Å². The number of ether oxygens (including phenoxy) is 5. The number of rotatable bonds is 24. The number of aryl methyl sites for hydroxylation is 1. The van der Waals surface area contributed by atoms with E-state index in [-0.39, 0.29) is 47.3 Å². The molecule has 0 fully saturated rings. The number of fused-ring (bicyclic) bond motifs is 1. The molecular formula is C41H47N5O12S2. The van der Waals surface area contributed by atoms with Crippen molar-refractivity contribution in [2.24, 2.45) is 20.5 Å². The van der Waals surface area contributed by atoms with Gasteiger partial charge in [0.15, 0.2) is 15.6 Å². The third kappa shape index (κ3) is 13.3. The zero-order valence-corrected chi connectivity index (χ0v) is 34.7. The fourth-order valence-corrected chi connectivity index (χ4v) is 7.60. The Morgan fingerprint density at radius 3 is 1.93 bits per heavy atom. The highest BCUT2D eigenvalue weighted by molar-refractivity contribution is 7.91. The maximum absolute atomic E-state index is 12.9. The van der Waals surface area contributed by atoms with Crippen LogP contribution in [0.5, 0.6) is 11.5 Å². The van der Waals surface area contributed by atoms with Crippen LogP contribution in [0.25, 0.3) is 10.8 Å². The normalized spacial score (nSPS) is 12.2. The number of azo groups is 2. The minimum absolute atomic E-state index is 0.0266. The van der Waals surface area contributed by atoms with E-state index in [4.69, 9.17) is 28.8 Å². The smallest absolute Gasteiger partial charge is 0.296 e. The van der Waals surface area contributed by atoms with Crippen LogP contribution < -0.4 is 10.1 Å². The van der Waals surface area contributed by atoms with Crippen molar-refractivity contribution < 1.29 is 55.3 Å². The number of anilines is 2. The first kappa shape index (κ1) is 45.7. The van der Waals surface area contributed by atoms with Gasteiger partial charge in [0.2, 0.25) is 0 Å².